The Balaban J connectivity index is 2.48. The fraction of sp³-hybridized carbons (Fsp3) is 0.625. The number of hydrogen-bond acceptors (Lipinski definition) is 3. The molecule has 22 heavy (non-hydrogen) atoms. The molecular weight excluding hydrogens is 298 g/mol. The van der Waals surface area contributed by atoms with E-state index in [0.29, 0.717) is 5.92 Å². The molecule has 0 amide bonds. The van der Waals surface area contributed by atoms with Crippen molar-refractivity contribution in [2.24, 2.45) is 0 Å². The molecule has 6 heteroatoms. The van der Waals surface area contributed by atoms with E-state index in [-0.39, 0.29) is 16.3 Å². The Labute approximate surface area is 133 Å². The Morgan fingerprint density at radius 1 is 1.23 bits per heavy atom. The van der Waals surface area contributed by atoms with E-state index in [1.54, 1.807) is 6.07 Å². The highest BCUT2D eigenvalue weighted by molar-refractivity contribution is 6.74. The second-order valence-electron chi connectivity index (χ2n) is 7.75. The summed E-state index contributed by atoms with van der Waals surface area (Å²) in [7, 11) is -4.03. The number of halogens is 1. The van der Waals surface area contributed by atoms with E-state index in [1.165, 1.54) is 6.07 Å². The molecule has 2 rings (SSSR count). The topological polar surface area (TPSA) is 49.7 Å². The van der Waals surface area contributed by atoms with Gasteiger partial charge in [0.1, 0.15) is 5.75 Å². The van der Waals surface area contributed by atoms with Crippen molar-refractivity contribution in [1.82, 2.24) is 0 Å². The molecule has 122 valence electrons. The zero-order valence-corrected chi connectivity index (χ0v) is 15.1. The van der Waals surface area contributed by atoms with Crippen molar-refractivity contribution in [3.63, 3.8) is 0 Å². The molecule has 0 radical (unpaired) electrons. The Morgan fingerprint density at radius 2 is 1.82 bits per heavy atom. The molecule has 2 N–H and O–H groups in total. The maximum atomic E-state index is 14.8. The molecule has 0 saturated heterocycles. The zero-order chi connectivity index (χ0) is 16.7. The molecule has 1 aromatic carbocycles. The predicted octanol–water partition coefficient (Wildman–Crippen LogP) is 3.16. The maximum absolute atomic E-state index is 14.8. The Morgan fingerprint density at radius 3 is 2.23 bits per heavy atom. The molecule has 3 nitrogen and oxygen atoms in total. The number of hydrogen-bond donors (Lipinski definition) is 2. The minimum Gasteiger partial charge on any atom is -0.541 e. The van der Waals surface area contributed by atoms with E-state index in [2.05, 4.69) is 33.9 Å². The quantitative estimate of drug-likeness (QED) is 0.837. The Kier molecular flexibility index (Phi) is 4.76. The van der Waals surface area contributed by atoms with Crippen molar-refractivity contribution < 1.29 is 18.9 Å². The molecule has 1 aromatic rings. The molecule has 0 bridgehead atoms. The van der Waals surface area contributed by atoms with E-state index >= 15 is 0 Å². The van der Waals surface area contributed by atoms with E-state index < -0.39 is 21.3 Å². The van der Waals surface area contributed by atoms with Gasteiger partial charge in [0.25, 0.3) is 8.32 Å². The summed E-state index contributed by atoms with van der Waals surface area (Å²) in [4.78, 5) is 0. The van der Waals surface area contributed by atoms with Crippen molar-refractivity contribution in [1.29, 1.82) is 0 Å². The first-order valence-electron chi connectivity index (χ1n) is 7.92. The van der Waals surface area contributed by atoms with E-state index in [9.17, 15) is 14.4 Å². The van der Waals surface area contributed by atoms with Gasteiger partial charge in [-0.3, -0.25) is 0 Å². The van der Waals surface area contributed by atoms with Crippen LogP contribution < -0.4 is 9.89 Å². The van der Waals surface area contributed by atoms with Crippen LogP contribution in [0.5, 0.6) is 5.75 Å². The van der Waals surface area contributed by atoms with Crippen molar-refractivity contribution in [2.75, 3.05) is 0 Å². The molecule has 1 fully saturated rings. The molecule has 0 heterocycles. The lowest BCUT2D eigenvalue weighted by molar-refractivity contribution is 0.390. The Hall–Kier alpha value is -0.848. The first-order chi connectivity index (χ1) is 10.0. The lowest BCUT2D eigenvalue weighted by Gasteiger charge is -2.38. The molecular formula is C16H26BFO3Si. The smallest absolute Gasteiger partial charge is 0.491 e. The molecule has 0 aliphatic heterocycles. The average Bonchev–Trinajstić information content (AvgIpc) is 2.29. The van der Waals surface area contributed by atoms with Gasteiger partial charge in [-0.1, -0.05) is 39.3 Å². The van der Waals surface area contributed by atoms with Gasteiger partial charge in [-0.15, -0.1) is 0 Å². The van der Waals surface area contributed by atoms with Crippen molar-refractivity contribution in [3.05, 3.63) is 23.5 Å². The van der Waals surface area contributed by atoms with Crippen LogP contribution in [0.4, 0.5) is 4.39 Å². The summed E-state index contributed by atoms with van der Waals surface area (Å²) >= 11 is 0. The van der Waals surface area contributed by atoms with Gasteiger partial charge >= 0.3 is 7.12 Å². The Bertz CT molecular complexity index is 551. The molecule has 1 aliphatic rings. The highest BCUT2D eigenvalue weighted by atomic mass is 28.4. The van der Waals surface area contributed by atoms with Gasteiger partial charge in [0, 0.05) is 5.46 Å². The van der Waals surface area contributed by atoms with Crippen LogP contribution in [-0.4, -0.2) is 25.5 Å². The second kappa shape index (κ2) is 5.98. The SMILES string of the molecule is CC(C)(C)[Si](C)(C)Oc1c(C2CCC2)ccc(B(O)O)c1F. The summed E-state index contributed by atoms with van der Waals surface area (Å²) in [5.74, 6) is -0.0646. The van der Waals surface area contributed by atoms with Gasteiger partial charge in [-0.2, -0.15) is 0 Å². The molecule has 0 spiro atoms. The van der Waals surface area contributed by atoms with Gasteiger partial charge in [0.2, 0.25) is 0 Å². The fourth-order valence-corrected chi connectivity index (χ4v) is 3.36. The van der Waals surface area contributed by atoms with Crippen molar-refractivity contribution >= 4 is 20.9 Å². The lowest BCUT2D eigenvalue weighted by atomic mass is 9.75. The van der Waals surface area contributed by atoms with Gasteiger partial charge in [-0.25, -0.2) is 4.39 Å². The van der Waals surface area contributed by atoms with Crippen LogP contribution in [-0.2, 0) is 0 Å². The van der Waals surface area contributed by atoms with Gasteiger partial charge < -0.3 is 14.5 Å². The standard InChI is InChI=1S/C16H26BFO3Si/c1-16(2,3)22(4,5)21-15-12(11-7-6-8-11)9-10-13(14(15)18)17(19)20/h9-11,19-20H,6-8H2,1-5H3. The van der Waals surface area contributed by atoms with Crippen LogP contribution in [0.3, 0.4) is 0 Å². The summed E-state index contributed by atoms with van der Waals surface area (Å²) in [6.45, 7) is 10.4. The van der Waals surface area contributed by atoms with Crippen LogP contribution >= 0.6 is 0 Å². The normalized spacial score (nSPS) is 16.4. The van der Waals surface area contributed by atoms with Crippen molar-refractivity contribution in [2.45, 2.75) is 64.1 Å². The largest absolute Gasteiger partial charge is 0.541 e. The summed E-state index contributed by atoms with van der Waals surface area (Å²) < 4.78 is 21.0. The first kappa shape index (κ1) is 17.5. The third-order valence-electron chi connectivity index (χ3n) is 5.14. The van der Waals surface area contributed by atoms with Gasteiger partial charge in [0.05, 0.1) is 0 Å². The predicted molar refractivity (Wildman–Crippen MR) is 90.6 cm³/mol. The highest BCUT2D eigenvalue weighted by Crippen LogP contribution is 2.44. The monoisotopic (exact) mass is 324 g/mol. The maximum Gasteiger partial charge on any atom is 0.491 e. The molecule has 1 saturated carbocycles. The third kappa shape index (κ3) is 3.24. The third-order valence-corrected chi connectivity index (χ3v) is 9.47. The molecule has 1 aliphatic carbocycles. The van der Waals surface area contributed by atoms with Crippen LogP contribution in [0.2, 0.25) is 18.1 Å². The first-order valence-corrected chi connectivity index (χ1v) is 10.8. The number of rotatable bonds is 4. The van der Waals surface area contributed by atoms with E-state index in [0.717, 1.165) is 24.8 Å². The van der Waals surface area contributed by atoms with Gasteiger partial charge in [0.15, 0.2) is 5.82 Å². The molecule has 0 unspecified atom stereocenters. The minimum atomic E-state index is -2.20. The zero-order valence-electron chi connectivity index (χ0n) is 14.1. The summed E-state index contributed by atoms with van der Waals surface area (Å²) in [6.07, 6.45) is 3.22. The fourth-order valence-electron chi connectivity index (χ4n) is 2.34. The summed E-state index contributed by atoms with van der Waals surface area (Å²) in [5, 5.41) is 18.7. The van der Waals surface area contributed by atoms with Crippen LogP contribution in [0.15, 0.2) is 12.1 Å². The average molecular weight is 324 g/mol. The summed E-state index contributed by atoms with van der Waals surface area (Å²) in [5.41, 5.74) is 0.759. The number of benzene rings is 1. The lowest BCUT2D eigenvalue weighted by Crippen LogP contribution is -2.45. The molecule has 0 atom stereocenters. The van der Waals surface area contributed by atoms with Crippen LogP contribution in [0, 0.1) is 5.82 Å². The van der Waals surface area contributed by atoms with Crippen LogP contribution in [0.25, 0.3) is 0 Å². The second-order valence-corrected chi connectivity index (χ2v) is 12.5. The highest BCUT2D eigenvalue weighted by Gasteiger charge is 2.41. The van der Waals surface area contributed by atoms with E-state index in [4.69, 9.17) is 4.43 Å². The molecule has 0 aromatic heterocycles. The summed E-state index contributed by atoms with van der Waals surface area (Å²) in [6, 6.07) is 3.26. The van der Waals surface area contributed by atoms with Gasteiger partial charge in [-0.05, 0) is 42.5 Å². The van der Waals surface area contributed by atoms with E-state index in [1.807, 2.05) is 0 Å². The van der Waals surface area contributed by atoms with Crippen LogP contribution in [0.1, 0.15) is 51.5 Å². The minimum absolute atomic E-state index is 0.0514. The van der Waals surface area contributed by atoms with Crippen molar-refractivity contribution in [3.8, 4) is 5.75 Å².